The summed E-state index contributed by atoms with van der Waals surface area (Å²) >= 11 is 1.42. The molecule has 16 heavy (non-hydrogen) atoms. The average Bonchev–Trinajstić information content (AvgIpc) is 2.85. The molecule has 1 atom stereocenters. The van der Waals surface area contributed by atoms with E-state index < -0.39 is 5.60 Å². The molecule has 0 saturated carbocycles. The normalized spacial score (nSPS) is 26.3. The van der Waals surface area contributed by atoms with Crippen LogP contribution in [0.5, 0.6) is 0 Å². The Kier molecular flexibility index (Phi) is 1.97. The van der Waals surface area contributed by atoms with Gasteiger partial charge in [0.05, 0.1) is 6.54 Å². The molecule has 0 aromatic heterocycles. The standard InChI is InChI=1S/C11H10N2O2S/c1-16-10-12-6-11(15-10)7-4-2-3-5-8(7)13-9(11)14/h2-5H,6H2,1H3,(H,13,14)/t11-/m0/s1. The number of aliphatic imine (C=N–C) groups is 1. The number of thioether (sulfide) groups is 1. The van der Waals surface area contributed by atoms with Crippen molar-refractivity contribution in [1.82, 2.24) is 0 Å². The lowest BCUT2D eigenvalue weighted by Gasteiger charge is -2.20. The molecule has 1 aromatic rings. The summed E-state index contributed by atoms with van der Waals surface area (Å²) in [4.78, 5) is 16.2. The van der Waals surface area contributed by atoms with Crippen LogP contribution in [0.1, 0.15) is 5.56 Å². The van der Waals surface area contributed by atoms with E-state index in [1.54, 1.807) is 0 Å². The molecular formula is C11H10N2O2S. The molecule has 4 nitrogen and oxygen atoms in total. The van der Waals surface area contributed by atoms with E-state index in [4.69, 9.17) is 4.74 Å². The van der Waals surface area contributed by atoms with E-state index in [-0.39, 0.29) is 5.91 Å². The molecular weight excluding hydrogens is 224 g/mol. The molecule has 2 aliphatic rings. The Balaban J connectivity index is 2.07. The number of nitrogens with zero attached hydrogens (tertiary/aromatic N) is 1. The third-order valence-corrected chi connectivity index (χ3v) is 3.41. The molecule has 1 N–H and O–H groups in total. The molecule has 0 fully saturated rings. The third kappa shape index (κ3) is 1.12. The number of carbonyl (C=O) groups excluding carboxylic acids is 1. The van der Waals surface area contributed by atoms with Crippen LogP contribution in [-0.2, 0) is 15.1 Å². The molecule has 0 saturated heterocycles. The fourth-order valence-electron chi connectivity index (χ4n) is 2.04. The van der Waals surface area contributed by atoms with Gasteiger partial charge in [-0.3, -0.25) is 4.79 Å². The van der Waals surface area contributed by atoms with Crippen LogP contribution in [0, 0.1) is 0 Å². The molecule has 0 bridgehead atoms. The van der Waals surface area contributed by atoms with Gasteiger partial charge in [0.15, 0.2) is 0 Å². The highest BCUT2D eigenvalue weighted by molar-refractivity contribution is 8.12. The highest BCUT2D eigenvalue weighted by atomic mass is 32.2. The van der Waals surface area contributed by atoms with Gasteiger partial charge < -0.3 is 10.1 Å². The molecule has 3 rings (SSSR count). The summed E-state index contributed by atoms with van der Waals surface area (Å²) in [6, 6.07) is 7.58. The number of benzene rings is 1. The first-order chi connectivity index (χ1) is 7.76. The monoisotopic (exact) mass is 234 g/mol. The minimum absolute atomic E-state index is 0.124. The minimum Gasteiger partial charge on any atom is -0.449 e. The van der Waals surface area contributed by atoms with E-state index in [9.17, 15) is 4.79 Å². The van der Waals surface area contributed by atoms with Crippen LogP contribution in [0.3, 0.4) is 0 Å². The maximum absolute atomic E-state index is 12.0. The molecule has 0 aliphatic carbocycles. The first kappa shape index (κ1) is 9.72. The second-order valence-corrected chi connectivity index (χ2v) is 4.47. The van der Waals surface area contributed by atoms with Gasteiger partial charge in [-0.15, -0.1) is 0 Å². The zero-order chi connectivity index (χ0) is 11.2. The molecule has 1 spiro atoms. The topological polar surface area (TPSA) is 50.7 Å². The van der Waals surface area contributed by atoms with E-state index >= 15 is 0 Å². The summed E-state index contributed by atoms with van der Waals surface area (Å²) in [7, 11) is 0. The van der Waals surface area contributed by atoms with E-state index in [2.05, 4.69) is 10.3 Å². The largest absolute Gasteiger partial charge is 0.449 e. The van der Waals surface area contributed by atoms with Gasteiger partial charge in [-0.1, -0.05) is 30.0 Å². The van der Waals surface area contributed by atoms with Crippen molar-refractivity contribution < 1.29 is 9.53 Å². The Hall–Kier alpha value is -1.49. The van der Waals surface area contributed by atoms with Crippen molar-refractivity contribution in [2.75, 3.05) is 18.1 Å². The first-order valence-electron chi connectivity index (χ1n) is 4.95. The van der Waals surface area contributed by atoms with E-state index in [1.165, 1.54) is 11.8 Å². The van der Waals surface area contributed by atoms with Gasteiger partial charge in [-0.25, -0.2) is 4.99 Å². The van der Waals surface area contributed by atoms with Crippen molar-refractivity contribution in [3.63, 3.8) is 0 Å². The van der Waals surface area contributed by atoms with Crippen LogP contribution in [-0.4, -0.2) is 23.9 Å². The number of ether oxygens (including phenoxy) is 1. The number of hydrogen-bond acceptors (Lipinski definition) is 4. The van der Waals surface area contributed by atoms with Crippen molar-refractivity contribution in [1.29, 1.82) is 0 Å². The maximum atomic E-state index is 12.0. The highest BCUT2D eigenvalue weighted by Gasteiger charge is 2.52. The van der Waals surface area contributed by atoms with Crippen LogP contribution in [0.15, 0.2) is 29.3 Å². The van der Waals surface area contributed by atoms with Crippen LogP contribution in [0.2, 0.25) is 0 Å². The molecule has 1 amide bonds. The van der Waals surface area contributed by atoms with E-state index in [0.29, 0.717) is 11.8 Å². The van der Waals surface area contributed by atoms with Crippen LogP contribution in [0.4, 0.5) is 5.69 Å². The van der Waals surface area contributed by atoms with Gasteiger partial charge in [0.1, 0.15) is 0 Å². The minimum atomic E-state index is -0.922. The number of hydrogen-bond donors (Lipinski definition) is 1. The van der Waals surface area contributed by atoms with Gasteiger partial charge >= 0.3 is 0 Å². The third-order valence-electron chi connectivity index (χ3n) is 2.84. The Labute approximate surface area is 97.1 Å². The van der Waals surface area contributed by atoms with Crippen molar-refractivity contribution >= 4 is 28.6 Å². The van der Waals surface area contributed by atoms with Gasteiger partial charge in [0.2, 0.25) is 10.8 Å². The Bertz CT molecular complexity index is 501. The van der Waals surface area contributed by atoms with Crippen molar-refractivity contribution in [2.45, 2.75) is 5.60 Å². The number of fused-ring (bicyclic) bond motifs is 2. The van der Waals surface area contributed by atoms with Gasteiger partial charge in [-0.2, -0.15) is 0 Å². The number of anilines is 1. The van der Waals surface area contributed by atoms with Crippen molar-refractivity contribution in [2.24, 2.45) is 4.99 Å². The Morgan fingerprint density at radius 3 is 3.06 bits per heavy atom. The Morgan fingerprint density at radius 2 is 2.31 bits per heavy atom. The van der Waals surface area contributed by atoms with Crippen LogP contribution < -0.4 is 5.32 Å². The second-order valence-electron chi connectivity index (χ2n) is 3.72. The SMILES string of the molecule is CSC1=NC[C@@]2(O1)C(=O)Nc1ccccc12. The number of nitrogens with one attached hydrogen (secondary N) is 1. The van der Waals surface area contributed by atoms with E-state index in [1.807, 2.05) is 30.5 Å². The van der Waals surface area contributed by atoms with Crippen molar-refractivity contribution in [3.8, 4) is 0 Å². The zero-order valence-electron chi connectivity index (χ0n) is 8.69. The number of para-hydroxylation sites is 1. The predicted octanol–water partition coefficient (Wildman–Crippen LogP) is 1.58. The Morgan fingerprint density at radius 1 is 1.50 bits per heavy atom. The molecule has 1 aromatic carbocycles. The van der Waals surface area contributed by atoms with Gasteiger partial charge in [0.25, 0.3) is 5.91 Å². The molecule has 82 valence electrons. The number of rotatable bonds is 0. The van der Waals surface area contributed by atoms with Crippen LogP contribution >= 0.6 is 11.8 Å². The second kappa shape index (κ2) is 3.25. The molecule has 2 heterocycles. The highest BCUT2D eigenvalue weighted by Crippen LogP contribution is 2.42. The predicted molar refractivity (Wildman–Crippen MR) is 63.7 cm³/mol. The number of carbonyl (C=O) groups is 1. The van der Waals surface area contributed by atoms with Crippen LogP contribution in [0.25, 0.3) is 0 Å². The van der Waals surface area contributed by atoms with Crippen molar-refractivity contribution in [3.05, 3.63) is 29.8 Å². The van der Waals surface area contributed by atoms with E-state index in [0.717, 1.165) is 11.3 Å². The summed E-state index contributed by atoms with van der Waals surface area (Å²) in [5.74, 6) is -0.124. The van der Waals surface area contributed by atoms with Gasteiger partial charge in [-0.05, 0) is 12.3 Å². The smallest absolute Gasteiger partial charge is 0.275 e. The average molecular weight is 234 g/mol. The molecule has 2 aliphatic heterocycles. The molecule has 0 radical (unpaired) electrons. The molecule has 5 heteroatoms. The number of amides is 1. The maximum Gasteiger partial charge on any atom is 0.275 e. The lowest BCUT2D eigenvalue weighted by Crippen LogP contribution is -2.37. The summed E-state index contributed by atoms with van der Waals surface area (Å²) in [6.07, 6.45) is 1.89. The zero-order valence-corrected chi connectivity index (χ0v) is 9.50. The van der Waals surface area contributed by atoms with Gasteiger partial charge in [0, 0.05) is 11.3 Å². The molecule has 0 unspecified atom stereocenters. The summed E-state index contributed by atoms with van der Waals surface area (Å²) in [6.45, 7) is 0.367. The fraction of sp³-hybridized carbons (Fsp3) is 0.273. The lowest BCUT2D eigenvalue weighted by atomic mass is 9.96. The summed E-state index contributed by atoms with van der Waals surface area (Å²) in [5, 5.41) is 3.40. The summed E-state index contributed by atoms with van der Waals surface area (Å²) < 4.78 is 5.70. The lowest BCUT2D eigenvalue weighted by molar-refractivity contribution is -0.129. The summed E-state index contributed by atoms with van der Waals surface area (Å²) in [5.41, 5.74) is 0.785. The fourth-order valence-corrected chi connectivity index (χ4v) is 2.46. The first-order valence-corrected chi connectivity index (χ1v) is 6.17. The quantitative estimate of drug-likeness (QED) is 0.741.